The van der Waals surface area contributed by atoms with Gasteiger partial charge in [-0.05, 0) is 40.9 Å². The Kier molecular flexibility index (Phi) is 8.39. The van der Waals surface area contributed by atoms with Gasteiger partial charge in [0.15, 0.2) is 10.4 Å². The SMILES string of the molecule is CN(CC(=O)NCCCCCCC(=O)O)C(=O)c1ccc(Br)o1. The quantitative estimate of drug-likeness (QED) is 0.598. The second kappa shape index (κ2) is 10.0. The number of carbonyl (C=O) groups is 3. The van der Waals surface area contributed by atoms with E-state index in [1.54, 1.807) is 6.07 Å². The lowest BCUT2D eigenvalue weighted by Crippen LogP contribution is -2.38. The van der Waals surface area contributed by atoms with Crippen molar-refractivity contribution in [1.29, 1.82) is 0 Å². The van der Waals surface area contributed by atoms with Crippen molar-refractivity contribution in [3.63, 3.8) is 0 Å². The molecule has 0 aliphatic rings. The number of hydrogen-bond acceptors (Lipinski definition) is 4. The third-order valence-corrected chi connectivity index (χ3v) is 3.58. The van der Waals surface area contributed by atoms with Crippen LogP contribution in [0.3, 0.4) is 0 Å². The maximum atomic E-state index is 12.0. The first kappa shape index (κ1) is 19.2. The van der Waals surface area contributed by atoms with Crippen molar-refractivity contribution < 1.29 is 23.9 Å². The van der Waals surface area contributed by atoms with Gasteiger partial charge in [-0.1, -0.05) is 12.8 Å². The fourth-order valence-electron chi connectivity index (χ4n) is 1.94. The fraction of sp³-hybridized carbons (Fsp3) is 0.533. The fourth-order valence-corrected chi connectivity index (χ4v) is 2.25. The van der Waals surface area contributed by atoms with Crippen LogP contribution in [-0.4, -0.2) is 47.9 Å². The molecular weight excluding hydrogens is 368 g/mol. The molecule has 1 aromatic heterocycles. The normalized spacial score (nSPS) is 10.3. The van der Waals surface area contributed by atoms with Crippen LogP contribution in [0.15, 0.2) is 21.2 Å². The molecule has 2 N–H and O–H groups in total. The zero-order chi connectivity index (χ0) is 17.2. The highest BCUT2D eigenvalue weighted by molar-refractivity contribution is 9.10. The maximum absolute atomic E-state index is 12.0. The zero-order valence-corrected chi connectivity index (χ0v) is 14.6. The van der Waals surface area contributed by atoms with Gasteiger partial charge in [-0.25, -0.2) is 0 Å². The summed E-state index contributed by atoms with van der Waals surface area (Å²) in [5.41, 5.74) is 0. The summed E-state index contributed by atoms with van der Waals surface area (Å²) in [7, 11) is 1.53. The van der Waals surface area contributed by atoms with Crippen LogP contribution in [0.1, 0.15) is 42.7 Å². The third kappa shape index (κ3) is 7.83. The van der Waals surface area contributed by atoms with Crippen molar-refractivity contribution in [3.05, 3.63) is 22.6 Å². The Morgan fingerprint density at radius 2 is 1.91 bits per heavy atom. The number of nitrogens with zero attached hydrogens (tertiary/aromatic N) is 1. The molecule has 0 aliphatic heterocycles. The van der Waals surface area contributed by atoms with E-state index >= 15 is 0 Å². The number of aliphatic carboxylic acids is 1. The summed E-state index contributed by atoms with van der Waals surface area (Å²) >= 11 is 3.12. The Morgan fingerprint density at radius 3 is 2.52 bits per heavy atom. The second-order valence-electron chi connectivity index (χ2n) is 5.17. The largest absolute Gasteiger partial charge is 0.481 e. The molecule has 0 radical (unpaired) electrons. The minimum absolute atomic E-state index is 0.0455. The topological polar surface area (TPSA) is 99.9 Å². The van der Waals surface area contributed by atoms with E-state index in [0.29, 0.717) is 17.6 Å². The van der Waals surface area contributed by atoms with Crippen LogP contribution in [-0.2, 0) is 9.59 Å². The number of unbranched alkanes of at least 4 members (excludes halogenated alkanes) is 3. The average molecular weight is 389 g/mol. The summed E-state index contributed by atoms with van der Waals surface area (Å²) < 4.78 is 5.61. The number of furan rings is 1. The molecule has 1 aromatic rings. The molecule has 0 atom stereocenters. The minimum Gasteiger partial charge on any atom is -0.481 e. The van der Waals surface area contributed by atoms with Crippen molar-refractivity contribution in [2.24, 2.45) is 0 Å². The molecule has 0 aliphatic carbocycles. The summed E-state index contributed by atoms with van der Waals surface area (Å²) in [5.74, 6) is -1.21. The van der Waals surface area contributed by atoms with E-state index in [2.05, 4.69) is 21.2 Å². The van der Waals surface area contributed by atoms with Crippen molar-refractivity contribution in [3.8, 4) is 0 Å². The van der Waals surface area contributed by atoms with Crippen LogP contribution in [0.5, 0.6) is 0 Å². The molecule has 1 rings (SSSR count). The summed E-state index contributed by atoms with van der Waals surface area (Å²) in [6, 6.07) is 3.16. The van der Waals surface area contributed by atoms with Crippen molar-refractivity contribution in [1.82, 2.24) is 10.2 Å². The van der Waals surface area contributed by atoms with Gasteiger partial charge in [-0.3, -0.25) is 14.4 Å². The lowest BCUT2D eigenvalue weighted by atomic mass is 10.1. The number of carbonyl (C=O) groups excluding carboxylic acids is 2. The summed E-state index contributed by atoms with van der Waals surface area (Å²) in [6.45, 7) is 0.469. The van der Waals surface area contributed by atoms with E-state index in [4.69, 9.17) is 9.52 Å². The standard InChI is InChI=1S/C15H21BrN2O5/c1-18(15(22)11-7-8-12(16)23-11)10-13(19)17-9-5-3-2-4-6-14(20)21/h7-8H,2-6,9-10H2,1H3,(H,17,19)(H,20,21). The highest BCUT2D eigenvalue weighted by Gasteiger charge is 2.17. The van der Waals surface area contributed by atoms with Gasteiger partial charge in [-0.2, -0.15) is 0 Å². The Hall–Kier alpha value is -1.83. The second-order valence-corrected chi connectivity index (χ2v) is 5.95. The van der Waals surface area contributed by atoms with E-state index in [0.717, 1.165) is 19.3 Å². The lowest BCUT2D eigenvalue weighted by molar-refractivity contribution is -0.137. The number of carboxylic acids is 1. The van der Waals surface area contributed by atoms with Gasteiger partial charge in [0.25, 0.3) is 5.91 Å². The Bertz CT molecular complexity index is 544. The molecule has 0 unspecified atom stereocenters. The molecule has 7 nitrogen and oxygen atoms in total. The van der Waals surface area contributed by atoms with Gasteiger partial charge in [-0.15, -0.1) is 0 Å². The first-order valence-corrected chi connectivity index (χ1v) is 8.18. The first-order valence-electron chi connectivity index (χ1n) is 7.39. The predicted octanol–water partition coefficient (Wildman–Crippen LogP) is 2.27. The molecule has 23 heavy (non-hydrogen) atoms. The number of carboxylic acid groups (broad SMARTS) is 1. The van der Waals surface area contributed by atoms with Gasteiger partial charge in [0, 0.05) is 20.0 Å². The van der Waals surface area contributed by atoms with Crippen molar-refractivity contribution in [2.75, 3.05) is 20.1 Å². The molecule has 0 bridgehead atoms. The Labute approximate surface area is 143 Å². The number of hydrogen-bond donors (Lipinski definition) is 2. The number of amides is 2. The molecule has 0 spiro atoms. The predicted molar refractivity (Wildman–Crippen MR) is 87.1 cm³/mol. The minimum atomic E-state index is -0.783. The van der Waals surface area contributed by atoms with Crippen LogP contribution >= 0.6 is 15.9 Å². The zero-order valence-electron chi connectivity index (χ0n) is 13.0. The Balaban J connectivity index is 2.16. The smallest absolute Gasteiger partial charge is 0.303 e. The lowest BCUT2D eigenvalue weighted by Gasteiger charge is -2.15. The highest BCUT2D eigenvalue weighted by Crippen LogP contribution is 2.15. The summed E-state index contributed by atoms with van der Waals surface area (Å²) in [5, 5.41) is 11.2. The van der Waals surface area contributed by atoms with Gasteiger partial charge in [0.05, 0.1) is 6.54 Å². The van der Waals surface area contributed by atoms with E-state index < -0.39 is 5.97 Å². The molecule has 8 heteroatoms. The molecule has 0 saturated heterocycles. The number of nitrogens with one attached hydrogen (secondary N) is 1. The summed E-state index contributed by atoms with van der Waals surface area (Å²) in [6.07, 6.45) is 3.31. The van der Waals surface area contributed by atoms with Gasteiger partial charge in [0.1, 0.15) is 0 Å². The van der Waals surface area contributed by atoms with Crippen LogP contribution in [0, 0.1) is 0 Å². The van der Waals surface area contributed by atoms with E-state index in [1.807, 2.05) is 0 Å². The van der Waals surface area contributed by atoms with Gasteiger partial charge < -0.3 is 19.7 Å². The molecule has 0 saturated carbocycles. The van der Waals surface area contributed by atoms with Crippen LogP contribution in [0.4, 0.5) is 0 Å². The molecule has 128 valence electrons. The average Bonchev–Trinajstić information content (AvgIpc) is 2.91. The van der Waals surface area contributed by atoms with Crippen LogP contribution in [0.2, 0.25) is 0 Å². The number of halogens is 1. The van der Waals surface area contributed by atoms with E-state index in [1.165, 1.54) is 18.0 Å². The van der Waals surface area contributed by atoms with Gasteiger partial charge in [0.2, 0.25) is 5.91 Å². The molecule has 2 amide bonds. The molecule has 0 fully saturated rings. The van der Waals surface area contributed by atoms with Crippen molar-refractivity contribution in [2.45, 2.75) is 32.1 Å². The van der Waals surface area contributed by atoms with Crippen LogP contribution < -0.4 is 5.32 Å². The monoisotopic (exact) mass is 388 g/mol. The summed E-state index contributed by atoms with van der Waals surface area (Å²) in [4.78, 5) is 35.4. The first-order chi connectivity index (χ1) is 10.9. The van der Waals surface area contributed by atoms with E-state index in [-0.39, 0.29) is 30.5 Å². The van der Waals surface area contributed by atoms with E-state index in [9.17, 15) is 14.4 Å². The molecule has 1 heterocycles. The highest BCUT2D eigenvalue weighted by atomic mass is 79.9. The third-order valence-electron chi connectivity index (χ3n) is 3.15. The van der Waals surface area contributed by atoms with Crippen molar-refractivity contribution >= 4 is 33.7 Å². The Morgan fingerprint density at radius 1 is 1.22 bits per heavy atom. The van der Waals surface area contributed by atoms with Crippen LogP contribution in [0.25, 0.3) is 0 Å². The molecule has 0 aromatic carbocycles. The number of rotatable bonds is 10. The van der Waals surface area contributed by atoms with Gasteiger partial charge >= 0.3 is 5.97 Å². The maximum Gasteiger partial charge on any atom is 0.303 e. The molecular formula is C15H21BrN2O5. The number of likely N-dealkylation sites (N-methyl/N-ethyl adjacent to an activating group) is 1.